The van der Waals surface area contributed by atoms with Gasteiger partial charge in [-0.05, 0) is 12.1 Å². The predicted octanol–water partition coefficient (Wildman–Crippen LogP) is 1.34. The van der Waals surface area contributed by atoms with E-state index in [0.29, 0.717) is 17.9 Å². The molecule has 1 aromatic heterocycles. The van der Waals surface area contributed by atoms with E-state index in [-0.39, 0.29) is 5.56 Å². The van der Waals surface area contributed by atoms with Gasteiger partial charge in [-0.15, -0.1) is 0 Å². The van der Waals surface area contributed by atoms with Crippen molar-refractivity contribution >= 4 is 17.3 Å². The van der Waals surface area contributed by atoms with Gasteiger partial charge in [-0.25, -0.2) is 4.79 Å². The van der Waals surface area contributed by atoms with E-state index < -0.39 is 5.97 Å². The number of carbonyl (C=O) groups is 1. The molecule has 2 aromatic rings. The highest BCUT2D eigenvalue weighted by Crippen LogP contribution is 2.28. The van der Waals surface area contributed by atoms with Crippen LogP contribution in [0.2, 0.25) is 0 Å². The normalized spacial score (nSPS) is 10.4. The molecule has 0 bridgehead atoms. The van der Waals surface area contributed by atoms with E-state index in [4.69, 9.17) is 5.73 Å². The van der Waals surface area contributed by atoms with Crippen LogP contribution in [-0.4, -0.2) is 27.9 Å². The number of rotatable bonds is 4. The van der Waals surface area contributed by atoms with Crippen molar-refractivity contribution in [1.29, 1.82) is 0 Å². The van der Waals surface area contributed by atoms with Crippen molar-refractivity contribution in [3.63, 3.8) is 0 Å². The van der Waals surface area contributed by atoms with Crippen molar-refractivity contribution in [2.24, 2.45) is 7.05 Å². The van der Waals surface area contributed by atoms with Crippen molar-refractivity contribution < 1.29 is 9.90 Å². The fourth-order valence-corrected chi connectivity index (χ4v) is 2.07. The Hall–Kier alpha value is -2.50. The van der Waals surface area contributed by atoms with Crippen LogP contribution in [-0.2, 0) is 13.6 Å². The van der Waals surface area contributed by atoms with Crippen LogP contribution in [0.5, 0.6) is 0 Å². The van der Waals surface area contributed by atoms with Crippen LogP contribution in [0.15, 0.2) is 30.6 Å². The topological polar surface area (TPSA) is 84.4 Å². The number of nitrogens with zero attached hydrogens (tertiary/aromatic N) is 3. The van der Waals surface area contributed by atoms with Gasteiger partial charge in [-0.1, -0.05) is 6.07 Å². The van der Waals surface area contributed by atoms with E-state index in [9.17, 15) is 9.90 Å². The molecular weight excluding hydrogens is 244 g/mol. The van der Waals surface area contributed by atoms with Crippen LogP contribution in [0, 0.1) is 0 Å². The number of carboxylic acid groups (broad SMARTS) is 1. The Morgan fingerprint density at radius 1 is 1.53 bits per heavy atom. The molecule has 0 aliphatic carbocycles. The first-order chi connectivity index (χ1) is 8.99. The number of para-hydroxylation sites is 1. The quantitative estimate of drug-likeness (QED) is 0.810. The van der Waals surface area contributed by atoms with Crippen LogP contribution >= 0.6 is 0 Å². The summed E-state index contributed by atoms with van der Waals surface area (Å²) in [6.45, 7) is 0.544. The van der Waals surface area contributed by atoms with Crippen LogP contribution in [0.3, 0.4) is 0 Å². The van der Waals surface area contributed by atoms with Gasteiger partial charge < -0.3 is 15.7 Å². The molecule has 0 unspecified atom stereocenters. The number of benzene rings is 1. The Morgan fingerprint density at radius 3 is 2.84 bits per heavy atom. The number of hydrogen-bond acceptors (Lipinski definition) is 4. The lowest BCUT2D eigenvalue weighted by Gasteiger charge is -2.22. The highest BCUT2D eigenvalue weighted by atomic mass is 16.4. The molecule has 0 aliphatic heterocycles. The SMILES string of the molecule is CN(Cc1cnn(C)c1)c1c(N)cccc1C(=O)O. The maximum atomic E-state index is 11.2. The number of nitrogen functional groups attached to an aromatic ring is 1. The fraction of sp³-hybridized carbons (Fsp3) is 0.231. The molecule has 1 aromatic carbocycles. The first-order valence-electron chi connectivity index (χ1n) is 5.79. The zero-order chi connectivity index (χ0) is 14.0. The molecular formula is C13H16N4O2. The third kappa shape index (κ3) is 2.67. The molecule has 0 atom stereocenters. The minimum Gasteiger partial charge on any atom is -0.478 e. The molecule has 6 nitrogen and oxygen atoms in total. The molecule has 0 spiro atoms. The lowest BCUT2D eigenvalue weighted by Crippen LogP contribution is -2.20. The van der Waals surface area contributed by atoms with Gasteiger partial charge in [0.1, 0.15) is 0 Å². The second kappa shape index (κ2) is 5.01. The summed E-state index contributed by atoms with van der Waals surface area (Å²) in [7, 11) is 3.65. The Bertz CT molecular complexity index is 606. The van der Waals surface area contributed by atoms with E-state index >= 15 is 0 Å². The highest BCUT2D eigenvalue weighted by Gasteiger charge is 2.16. The molecule has 3 N–H and O–H groups in total. The Kier molecular flexibility index (Phi) is 3.41. The molecule has 0 amide bonds. The minimum absolute atomic E-state index is 0.200. The zero-order valence-corrected chi connectivity index (χ0v) is 10.9. The average Bonchev–Trinajstić information content (AvgIpc) is 2.74. The molecule has 0 radical (unpaired) electrons. The molecule has 0 saturated carbocycles. The second-order valence-electron chi connectivity index (χ2n) is 4.43. The summed E-state index contributed by atoms with van der Waals surface area (Å²) in [5.74, 6) is -0.986. The summed E-state index contributed by atoms with van der Waals surface area (Å²) >= 11 is 0. The molecule has 100 valence electrons. The smallest absolute Gasteiger partial charge is 0.337 e. The van der Waals surface area contributed by atoms with Gasteiger partial charge in [0.15, 0.2) is 0 Å². The van der Waals surface area contributed by atoms with Crippen molar-refractivity contribution in [2.45, 2.75) is 6.54 Å². The van der Waals surface area contributed by atoms with Gasteiger partial charge in [0.2, 0.25) is 0 Å². The summed E-state index contributed by atoms with van der Waals surface area (Å²) in [6, 6.07) is 4.88. The van der Waals surface area contributed by atoms with Gasteiger partial charge in [0.25, 0.3) is 0 Å². The number of carboxylic acids is 1. The molecule has 1 heterocycles. The lowest BCUT2D eigenvalue weighted by atomic mass is 10.1. The van der Waals surface area contributed by atoms with E-state index in [2.05, 4.69) is 5.10 Å². The van der Waals surface area contributed by atoms with E-state index in [1.165, 1.54) is 0 Å². The second-order valence-corrected chi connectivity index (χ2v) is 4.43. The molecule has 2 rings (SSSR count). The van der Waals surface area contributed by atoms with Gasteiger partial charge >= 0.3 is 5.97 Å². The summed E-state index contributed by atoms with van der Waals surface area (Å²) in [4.78, 5) is 13.1. The summed E-state index contributed by atoms with van der Waals surface area (Å²) in [5, 5.41) is 13.3. The number of nitrogens with two attached hydrogens (primary N) is 1. The molecule has 0 saturated heterocycles. The van der Waals surface area contributed by atoms with Gasteiger partial charge in [-0.3, -0.25) is 4.68 Å². The molecule has 0 aliphatic rings. The number of aryl methyl sites for hydroxylation is 1. The van der Waals surface area contributed by atoms with Gasteiger partial charge in [0.05, 0.1) is 23.1 Å². The van der Waals surface area contributed by atoms with Crippen LogP contribution in [0.1, 0.15) is 15.9 Å². The Labute approximate surface area is 111 Å². The van der Waals surface area contributed by atoms with Crippen LogP contribution in [0.25, 0.3) is 0 Å². The largest absolute Gasteiger partial charge is 0.478 e. The van der Waals surface area contributed by atoms with Crippen LogP contribution < -0.4 is 10.6 Å². The summed E-state index contributed by atoms with van der Waals surface area (Å²) in [6.07, 6.45) is 3.63. The van der Waals surface area contributed by atoms with Crippen molar-refractivity contribution in [2.75, 3.05) is 17.7 Å². The third-order valence-corrected chi connectivity index (χ3v) is 2.86. The third-order valence-electron chi connectivity index (χ3n) is 2.86. The van der Waals surface area contributed by atoms with E-state index in [1.807, 2.05) is 25.2 Å². The standard InChI is InChI=1S/C13H16N4O2/c1-16(7-9-6-15-17(2)8-9)12-10(13(18)19)4-3-5-11(12)14/h3-6,8H,7,14H2,1-2H3,(H,18,19). The fourth-order valence-electron chi connectivity index (χ4n) is 2.07. The monoisotopic (exact) mass is 260 g/mol. The molecule has 0 fully saturated rings. The van der Waals surface area contributed by atoms with Crippen molar-refractivity contribution in [3.05, 3.63) is 41.7 Å². The van der Waals surface area contributed by atoms with E-state index in [1.54, 1.807) is 29.1 Å². The minimum atomic E-state index is -0.986. The lowest BCUT2D eigenvalue weighted by molar-refractivity contribution is 0.0697. The molecule has 6 heteroatoms. The van der Waals surface area contributed by atoms with Gasteiger partial charge in [-0.2, -0.15) is 5.10 Å². The van der Waals surface area contributed by atoms with Gasteiger partial charge in [0, 0.05) is 32.4 Å². The first kappa shape index (κ1) is 12.9. The predicted molar refractivity (Wildman–Crippen MR) is 73.1 cm³/mol. The summed E-state index contributed by atoms with van der Waals surface area (Å²) in [5.41, 5.74) is 8.06. The van der Waals surface area contributed by atoms with E-state index in [0.717, 1.165) is 5.56 Å². The Balaban J connectivity index is 2.32. The maximum absolute atomic E-state index is 11.2. The maximum Gasteiger partial charge on any atom is 0.337 e. The zero-order valence-electron chi connectivity index (χ0n) is 10.9. The number of aromatic carboxylic acids is 1. The molecule has 19 heavy (non-hydrogen) atoms. The van der Waals surface area contributed by atoms with Crippen LogP contribution in [0.4, 0.5) is 11.4 Å². The number of aromatic nitrogens is 2. The van der Waals surface area contributed by atoms with Crippen molar-refractivity contribution in [3.8, 4) is 0 Å². The highest BCUT2D eigenvalue weighted by molar-refractivity contribution is 5.97. The summed E-state index contributed by atoms with van der Waals surface area (Å²) < 4.78 is 1.70. The average molecular weight is 260 g/mol. The number of anilines is 2. The van der Waals surface area contributed by atoms with Crippen molar-refractivity contribution in [1.82, 2.24) is 9.78 Å². The Morgan fingerprint density at radius 2 is 2.26 bits per heavy atom. The first-order valence-corrected chi connectivity index (χ1v) is 5.79. The number of hydrogen-bond donors (Lipinski definition) is 2.